The van der Waals surface area contributed by atoms with Crippen molar-refractivity contribution in [2.45, 2.75) is 20.0 Å². The van der Waals surface area contributed by atoms with Gasteiger partial charge in [0.2, 0.25) is 0 Å². The molecule has 0 aliphatic rings. The second kappa shape index (κ2) is 6.42. The molecule has 0 aromatic heterocycles. The molecule has 2 aromatic rings. The molecule has 4 heteroatoms. The average molecular weight is 342 g/mol. The minimum absolute atomic E-state index is 0.0665. The van der Waals surface area contributed by atoms with Gasteiger partial charge in [-0.25, -0.2) is 0 Å². The van der Waals surface area contributed by atoms with Crippen LogP contribution in [-0.2, 0) is 13.0 Å². The Labute approximate surface area is 126 Å². The minimum Gasteiger partial charge on any atom is -0.457 e. The van der Waals surface area contributed by atoms with Crippen LogP contribution in [0.2, 0.25) is 5.02 Å². The highest BCUT2D eigenvalue weighted by Gasteiger charge is 2.07. The quantitative estimate of drug-likeness (QED) is 0.852. The molecule has 0 amide bonds. The maximum Gasteiger partial charge on any atom is 0.133 e. The van der Waals surface area contributed by atoms with Crippen LogP contribution in [0.5, 0.6) is 11.5 Å². The fourth-order valence-electron chi connectivity index (χ4n) is 1.78. The Morgan fingerprint density at radius 1 is 1.16 bits per heavy atom. The Morgan fingerprint density at radius 2 is 1.95 bits per heavy atom. The first-order valence-corrected chi connectivity index (χ1v) is 7.16. The van der Waals surface area contributed by atoms with E-state index in [-0.39, 0.29) is 6.61 Å². The summed E-state index contributed by atoms with van der Waals surface area (Å²) in [5.41, 5.74) is 1.78. The van der Waals surface area contributed by atoms with E-state index < -0.39 is 0 Å². The van der Waals surface area contributed by atoms with Crippen molar-refractivity contribution >= 4 is 27.5 Å². The van der Waals surface area contributed by atoms with E-state index >= 15 is 0 Å². The highest BCUT2D eigenvalue weighted by molar-refractivity contribution is 9.10. The normalized spacial score (nSPS) is 10.5. The first kappa shape index (κ1) is 14.4. The Balaban J connectivity index is 2.30. The number of hydrogen-bond acceptors (Lipinski definition) is 2. The molecule has 2 aromatic carbocycles. The lowest BCUT2D eigenvalue weighted by Crippen LogP contribution is -1.93. The van der Waals surface area contributed by atoms with E-state index in [0.29, 0.717) is 5.75 Å². The first-order valence-electron chi connectivity index (χ1n) is 5.99. The maximum atomic E-state index is 9.34. The predicted octanol–water partition coefficient (Wildman–Crippen LogP) is 4.95. The monoisotopic (exact) mass is 340 g/mol. The van der Waals surface area contributed by atoms with Crippen LogP contribution in [0.15, 0.2) is 40.9 Å². The van der Waals surface area contributed by atoms with Crippen molar-refractivity contribution < 1.29 is 9.84 Å². The van der Waals surface area contributed by atoms with Crippen LogP contribution >= 0.6 is 27.5 Å². The van der Waals surface area contributed by atoms with Crippen molar-refractivity contribution in [3.63, 3.8) is 0 Å². The van der Waals surface area contributed by atoms with Crippen LogP contribution in [0.4, 0.5) is 0 Å². The summed E-state index contributed by atoms with van der Waals surface area (Å²) in [4.78, 5) is 0. The molecule has 100 valence electrons. The van der Waals surface area contributed by atoms with E-state index in [1.54, 1.807) is 0 Å². The van der Waals surface area contributed by atoms with Crippen molar-refractivity contribution in [1.82, 2.24) is 0 Å². The molecule has 0 aliphatic heterocycles. The van der Waals surface area contributed by atoms with Gasteiger partial charge in [-0.3, -0.25) is 0 Å². The predicted molar refractivity (Wildman–Crippen MR) is 81.0 cm³/mol. The fourth-order valence-corrected chi connectivity index (χ4v) is 2.44. The zero-order valence-corrected chi connectivity index (χ0v) is 12.8. The average Bonchev–Trinajstić information content (AvgIpc) is 2.42. The number of rotatable bonds is 4. The molecule has 0 atom stereocenters. The van der Waals surface area contributed by atoms with E-state index in [4.69, 9.17) is 16.3 Å². The summed E-state index contributed by atoms with van der Waals surface area (Å²) < 4.78 is 6.72. The molecule has 0 saturated heterocycles. The molecule has 0 aliphatic carbocycles. The van der Waals surface area contributed by atoms with E-state index in [9.17, 15) is 5.11 Å². The molecule has 2 rings (SSSR count). The van der Waals surface area contributed by atoms with Gasteiger partial charge in [-0.05, 0) is 48.4 Å². The van der Waals surface area contributed by atoms with Crippen LogP contribution in [0.1, 0.15) is 18.1 Å². The van der Waals surface area contributed by atoms with Gasteiger partial charge < -0.3 is 9.84 Å². The third kappa shape index (κ3) is 3.50. The lowest BCUT2D eigenvalue weighted by molar-refractivity contribution is 0.276. The summed E-state index contributed by atoms with van der Waals surface area (Å²) in [7, 11) is 0. The van der Waals surface area contributed by atoms with E-state index in [1.165, 1.54) is 0 Å². The summed E-state index contributed by atoms with van der Waals surface area (Å²) in [6.07, 6.45) is 0.850. The summed E-state index contributed by atoms with van der Waals surface area (Å²) in [6.45, 7) is 1.98. The highest BCUT2D eigenvalue weighted by Crippen LogP contribution is 2.30. The first-order chi connectivity index (χ1) is 9.13. The standard InChI is InChI=1S/C15H14BrClO2/c1-2-10-8-13(4-5-14(10)17)19-15-6-3-12(16)7-11(15)9-18/h3-8,18H,2,9H2,1H3. The number of halogens is 2. The number of ether oxygens (including phenoxy) is 1. The number of benzene rings is 2. The Bertz CT molecular complexity index is 584. The van der Waals surface area contributed by atoms with Crippen LogP contribution in [-0.4, -0.2) is 5.11 Å². The van der Waals surface area contributed by atoms with Gasteiger partial charge in [-0.2, -0.15) is 0 Å². The van der Waals surface area contributed by atoms with Crippen LogP contribution in [0, 0.1) is 0 Å². The van der Waals surface area contributed by atoms with Gasteiger partial charge in [0.05, 0.1) is 6.61 Å². The van der Waals surface area contributed by atoms with Crippen LogP contribution < -0.4 is 4.74 Å². The van der Waals surface area contributed by atoms with Gasteiger partial charge in [0, 0.05) is 15.1 Å². The molecule has 19 heavy (non-hydrogen) atoms. The van der Waals surface area contributed by atoms with Gasteiger partial charge in [0.1, 0.15) is 11.5 Å². The van der Waals surface area contributed by atoms with Gasteiger partial charge in [0.15, 0.2) is 0 Å². The van der Waals surface area contributed by atoms with Gasteiger partial charge in [-0.15, -0.1) is 0 Å². The maximum absolute atomic E-state index is 9.34. The smallest absolute Gasteiger partial charge is 0.133 e. The molecular weight excluding hydrogens is 328 g/mol. The molecule has 0 fully saturated rings. The van der Waals surface area contributed by atoms with Crippen molar-refractivity contribution in [3.8, 4) is 11.5 Å². The molecule has 0 heterocycles. The summed E-state index contributed by atoms with van der Waals surface area (Å²) in [5.74, 6) is 1.37. The molecule has 0 bridgehead atoms. The molecule has 0 unspecified atom stereocenters. The van der Waals surface area contributed by atoms with Crippen LogP contribution in [0.3, 0.4) is 0 Å². The number of aryl methyl sites for hydroxylation is 1. The third-order valence-corrected chi connectivity index (χ3v) is 3.68. The number of aliphatic hydroxyl groups is 1. The number of hydrogen-bond donors (Lipinski definition) is 1. The van der Waals surface area contributed by atoms with Crippen LogP contribution in [0.25, 0.3) is 0 Å². The minimum atomic E-state index is -0.0665. The van der Waals surface area contributed by atoms with E-state index in [2.05, 4.69) is 15.9 Å². The largest absolute Gasteiger partial charge is 0.457 e. The molecule has 0 saturated carbocycles. The molecule has 2 nitrogen and oxygen atoms in total. The topological polar surface area (TPSA) is 29.5 Å². The second-order valence-electron chi connectivity index (χ2n) is 4.12. The number of aliphatic hydroxyl groups excluding tert-OH is 1. The van der Waals surface area contributed by atoms with Crippen molar-refractivity contribution in [1.29, 1.82) is 0 Å². The fraction of sp³-hybridized carbons (Fsp3) is 0.200. The van der Waals surface area contributed by atoms with Crippen molar-refractivity contribution in [3.05, 3.63) is 57.0 Å². The summed E-state index contributed by atoms with van der Waals surface area (Å²) in [6, 6.07) is 11.1. The Morgan fingerprint density at radius 3 is 2.63 bits per heavy atom. The Hall–Kier alpha value is -1.03. The lowest BCUT2D eigenvalue weighted by Gasteiger charge is -2.11. The van der Waals surface area contributed by atoms with E-state index in [1.807, 2.05) is 43.3 Å². The van der Waals surface area contributed by atoms with E-state index in [0.717, 1.165) is 32.8 Å². The van der Waals surface area contributed by atoms with Gasteiger partial charge in [0.25, 0.3) is 0 Å². The SMILES string of the molecule is CCc1cc(Oc2ccc(Br)cc2CO)ccc1Cl. The molecule has 0 spiro atoms. The molecular formula is C15H14BrClO2. The summed E-state index contributed by atoms with van der Waals surface area (Å²) in [5, 5.41) is 10.1. The highest BCUT2D eigenvalue weighted by atomic mass is 79.9. The van der Waals surface area contributed by atoms with Crippen molar-refractivity contribution in [2.24, 2.45) is 0 Å². The third-order valence-electron chi connectivity index (χ3n) is 2.82. The zero-order chi connectivity index (χ0) is 13.8. The Kier molecular flexibility index (Phi) is 4.86. The van der Waals surface area contributed by atoms with Gasteiger partial charge in [-0.1, -0.05) is 34.5 Å². The summed E-state index contributed by atoms with van der Waals surface area (Å²) >= 11 is 9.45. The van der Waals surface area contributed by atoms with Gasteiger partial charge >= 0.3 is 0 Å². The molecule has 1 N–H and O–H groups in total. The zero-order valence-electron chi connectivity index (χ0n) is 10.5. The second-order valence-corrected chi connectivity index (χ2v) is 5.44. The molecule has 0 radical (unpaired) electrons. The lowest BCUT2D eigenvalue weighted by atomic mass is 10.1. The van der Waals surface area contributed by atoms with Crippen molar-refractivity contribution in [2.75, 3.05) is 0 Å².